The molecule has 0 saturated heterocycles. The highest BCUT2D eigenvalue weighted by molar-refractivity contribution is 6.21. The summed E-state index contributed by atoms with van der Waals surface area (Å²) in [6, 6.07) is 85.3. The van der Waals surface area contributed by atoms with E-state index in [9.17, 15) is 0 Å². The van der Waals surface area contributed by atoms with E-state index in [-0.39, 0.29) is 0 Å². The molecule has 12 aromatic carbocycles. The van der Waals surface area contributed by atoms with Gasteiger partial charge in [0.2, 0.25) is 0 Å². The third kappa shape index (κ3) is 5.69. The van der Waals surface area contributed by atoms with Crippen molar-refractivity contribution in [3.8, 4) is 55.6 Å². The molecule has 0 heteroatoms. The van der Waals surface area contributed by atoms with Crippen molar-refractivity contribution in [3.05, 3.63) is 231 Å². The zero-order chi connectivity index (χ0) is 39.6. The van der Waals surface area contributed by atoms with Crippen LogP contribution in [-0.4, -0.2) is 0 Å². The summed E-state index contributed by atoms with van der Waals surface area (Å²) in [7, 11) is 0. The zero-order valence-electron chi connectivity index (χ0n) is 32.9. The van der Waals surface area contributed by atoms with Gasteiger partial charge in [0, 0.05) is 0 Å². The Labute approximate surface area is 349 Å². The lowest BCUT2D eigenvalue weighted by molar-refractivity contribution is 1.60. The molecule has 60 heavy (non-hydrogen) atoms. The van der Waals surface area contributed by atoms with Crippen molar-refractivity contribution in [1.82, 2.24) is 0 Å². The molecule has 12 aromatic rings. The number of benzene rings is 12. The van der Waals surface area contributed by atoms with E-state index in [4.69, 9.17) is 0 Å². The molecule has 0 bridgehead atoms. The van der Waals surface area contributed by atoms with E-state index in [0.29, 0.717) is 0 Å². The summed E-state index contributed by atoms with van der Waals surface area (Å²) < 4.78 is 0. The normalized spacial score (nSPS) is 11.7. The Morgan fingerprint density at radius 2 is 0.500 bits per heavy atom. The molecule has 0 aromatic heterocycles. The molecule has 278 valence electrons. The second-order valence-corrected chi connectivity index (χ2v) is 16.0. The minimum absolute atomic E-state index is 1.21. The molecule has 0 aliphatic heterocycles. The molecule has 0 fully saturated rings. The van der Waals surface area contributed by atoms with Gasteiger partial charge in [0.05, 0.1) is 0 Å². The Balaban J connectivity index is 1.10. The summed E-state index contributed by atoms with van der Waals surface area (Å²) in [5.74, 6) is 0. The number of rotatable bonds is 5. The van der Waals surface area contributed by atoms with E-state index in [0.717, 1.165) is 0 Å². The lowest BCUT2D eigenvalue weighted by Gasteiger charge is -2.18. The third-order valence-corrected chi connectivity index (χ3v) is 12.6. The highest BCUT2D eigenvalue weighted by atomic mass is 14.2. The Bertz CT molecular complexity index is 3660. The Kier molecular flexibility index (Phi) is 7.96. The Hall–Kier alpha value is -7.80. The molecule has 0 nitrogen and oxygen atoms in total. The van der Waals surface area contributed by atoms with E-state index in [1.165, 1.54) is 120 Å². The maximum absolute atomic E-state index is 2.45. The van der Waals surface area contributed by atoms with Crippen LogP contribution in [0.15, 0.2) is 231 Å². The summed E-state index contributed by atoms with van der Waals surface area (Å²) in [4.78, 5) is 0. The van der Waals surface area contributed by atoms with Crippen molar-refractivity contribution >= 4 is 64.6 Å². The van der Waals surface area contributed by atoms with Crippen molar-refractivity contribution in [2.24, 2.45) is 0 Å². The smallest absolute Gasteiger partial charge is 0.00923 e. The second-order valence-electron chi connectivity index (χ2n) is 16.0. The third-order valence-electron chi connectivity index (χ3n) is 12.6. The minimum atomic E-state index is 1.21. The fourth-order valence-corrected chi connectivity index (χ4v) is 9.68. The summed E-state index contributed by atoms with van der Waals surface area (Å²) >= 11 is 0. The van der Waals surface area contributed by atoms with E-state index >= 15 is 0 Å². The van der Waals surface area contributed by atoms with Gasteiger partial charge in [-0.05, 0) is 157 Å². The highest BCUT2D eigenvalue weighted by Crippen LogP contribution is 2.44. The fourth-order valence-electron chi connectivity index (χ4n) is 9.68. The van der Waals surface area contributed by atoms with E-state index in [1.807, 2.05) is 0 Å². The molecule has 0 aliphatic carbocycles. The maximum Gasteiger partial charge on any atom is -0.00923 e. The molecular formula is C60H38. The number of fused-ring (bicyclic) bond motifs is 8. The zero-order valence-corrected chi connectivity index (χ0v) is 32.9. The molecule has 0 spiro atoms. The molecule has 0 aliphatic rings. The predicted octanol–water partition coefficient (Wildman–Crippen LogP) is 16.9. The summed E-state index contributed by atoms with van der Waals surface area (Å²) in [5, 5.41) is 15.0. The molecular weight excluding hydrogens is 721 g/mol. The van der Waals surface area contributed by atoms with Crippen molar-refractivity contribution in [2.45, 2.75) is 0 Å². The van der Waals surface area contributed by atoms with E-state index < -0.39 is 0 Å². The van der Waals surface area contributed by atoms with Gasteiger partial charge in [-0.15, -0.1) is 0 Å². The lowest BCUT2D eigenvalue weighted by atomic mass is 9.85. The summed E-state index contributed by atoms with van der Waals surface area (Å²) in [5.41, 5.74) is 12.3. The molecule has 0 amide bonds. The highest BCUT2D eigenvalue weighted by Gasteiger charge is 2.17. The second kappa shape index (κ2) is 13.9. The Morgan fingerprint density at radius 3 is 1.08 bits per heavy atom. The van der Waals surface area contributed by atoms with Gasteiger partial charge >= 0.3 is 0 Å². The van der Waals surface area contributed by atoms with Gasteiger partial charge in [-0.1, -0.05) is 194 Å². The van der Waals surface area contributed by atoms with Gasteiger partial charge in [0.1, 0.15) is 0 Å². The molecule has 12 rings (SSSR count). The Morgan fingerprint density at radius 1 is 0.150 bits per heavy atom. The van der Waals surface area contributed by atoms with Crippen LogP contribution in [0.5, 0.6) is 0 Å². The van der Waals surface area contributed by atoms with Gasteiger partial charge < -0.3 is 0 Å². The van der Waals surface area contributed by atoms with Crippen molar-refractivity contribution in [2.75, 3.05) is 0 Å². The van der Waals surface area contributed by atoms with Gasteiger partial charge in [0.25, 0.3) is 0 Å². The predicted molar refractivity (Wildman–Crippen MR) is 259 cm³/mol. The first-order chi connectivity index (χ1) is 29.7. The molecule has 0 atom stereocenters. The van der Waals surface area contributed by atoms with E-state index in [2.05, 4.69) is 231 Å². The van der Waals surface area contributed by atoms with Crippen molar-refractivity contribution in [3.63, 3.8) is 0 Å². The first kappa shape index (κ1) is 34.3. The van der Waals surface area contributed by atoms with Crippen molar-refractivity contribution < 1.29 is 0 Å². The van der Waals surface area contributed by atoms with Crippen LogP contribution in [0, 0.1) is 0 Å². The monoisotopic (exact) mass is 758 g/mol. The van der Waals surface area contributed by atoms with Crippen LogP contribution < -0.4 is 0 Å². The van der Waals surface area contributed by atoms with Crippen LogP contribution in [-0.2, 0) is 0 Å². The summed E-state index contributed by atoms with van der Waals surface area (Å²) in [6.45, 7) is 0. The average Bonchev–Trinajstić information content (AvgIpc) is 3.33. The van der Waals surface area contributed by atoms with Crippen LogP contribution in [0.4, 0.5) is 0 Å². The van der Waals surface area contributed by atoms with Crippen molar-refractivity contribution in [1.29, 1.82) is 0 Å². The standard InChI is InChI=1S/C60H38/c1-3-15-41-33-44(27-25-39(41)13-1)49-18-7-8-20-51(49)46-29-31-54-48(35-46)38-60(58-36-43-17-5-6-22-53(43)55-23-11-12-24-56(55)58)59-37-47(30-32-57(54)59)52-21-10-9-19-50(52)45-28-26-40-14-2-4-16-42(40)34-45/h1-38H. The molecule has 0 unspecified atom stereocenters. The van der Waals surface area contributed by atoms with Crippen LogP contribution in [0.2, 0.25) is 0 Å². The number of hydrogen-bond donors (Lipinski definition) is 0. The van der Waals surface area contributed by atoms with Crippen LogP contribution in [0.25, 0.3) is 120 Å². The lowest BCUT2D eigenvalue weighted by Crippen LogP contribution is -1.91. The molecule has 0 N–H and O–H groups in total. The SMILES string of the molecule is c1ccc(-c2ccc3c(c2)cc(-c2cc4ccccc4c4ccccc24)c2cc(-c4ccccc4-c4ccc5ccccc5c4)ccc23)c(-c2ccc3ccccc3c2)c1. The first-order valence-corrected chi connectivity index (χ1v) is 20.8. The first-order valence-electron chi connectivity index (χ1n) is 20.8. The van der Waals surface area contributed by atoms with Gasteiger partial charge in [-0.2, -0.15) is 0 Å². The van der Waals surface area contributed by atoms with Crippen LogP contribution in [0.3, 0.4) is 0 Å². The fraction of sp³-hybridized carbons (Fsp3) is 0. The van der Waals surface area contributed by atoms with Gasteiger partial charge in [-0.3, -0.25) is 0 Å². The minimum Gasteiger partial charge on any atom is -0.0616 e. The van der Waals surface area contributed by atoms with Gasteiger partial charge in [0.15, 0.2) is 0 Å². The van der Waals surface area contributed by atoms with Gasteiger partial charge in [-0.25, -0.2) is 0 Å². The molecule has 0 heterocycles. The maximum atomic E-state index is 2.45. The average molecular weight is 759 g/mol. The molecule has 0 radical (unpaired) electrons. The topological polar surface area (TPSA) is 0 Å². The van der Waals surface area contributed by atoms with Crippen LogP contribution >= 0.6 is 0 Å². The largest absolute Gasteiger partial charge is 0.0616 e. The number of hydrogen-bond acceptors (Lipinski definition) is 0. The van der Waals surface area contributed by atoms with Crippen LogP contribution in [0.1, 0.15) is 0 Å². The molecule has 0 saturated carbocycles. The quantitative estimate of drug-likeness (QED) is 0.153. The van der Waals surface area contributed by atoms with E-state index in [1.54, 1.807) is 0 Å². The summed E-state index contributed by atoms with van der Waals surface area (Å²) in [6.07, 6.45) is 0.